The first-order valence-corrected chi connectivity index (χ1v) is 14.6. The van der Waals surface area contributed by atoms with Crippen LogP contribution in [-0.2, 0) is 9.59 Å². The third kappa shape index (κ3) is 2.98. The first kappa shape index (κ1) is 25.5. The van der Waals surface area contributed by atoms with Crippen molar-refractivity contribution in [1.29, 1.82) is 0 Å². The molecule has 0 saturated heterocycles. The molecule has 6 nitrogen and oxygen atoms in total. The molecule has 4 aliphatic carbocycles. The normalized spacial score (nSPS) is 48.8. The van der Waals surface area contributed by atoms with Crippen molar-refractivity contribution in [2.24, 2.45) is 33.5 Å². The van der Waals surface area contributed by atoms with Crippen LogP contribution in [-0.4, -0.2) is 61.3 Å². The molecule has 4 rings (SSSR count). The summed E-state index contributed by atoms with van der Waals surface area (Å²) in [6.07, 6.45) is 4.09. The molecule has 0 aromatic carbocycles. The number of hydrogen-bond donors (Lipinski definition) is 4. The van der Waals surface area contributed by atoms with Crippen LogP contribution in [0, 0.1) is 33.5 Å². The van der Waals surface area contributed by atoms with Crippen LogP contribution in [0.2, 0.25) is 9.63 Å². The summed E-state index contributed by atoms with van der Waals surface area (Å²) in [5, 5.41) is 30.6. The number of nitrogens with one attached hydrogen (secondary N) is 2. The van der Waals surface area contributed by atoms with Gasteiger partial charge in [-0.05, 0) is 0 Å². The van der Waals surface area contributed by atoms with Gasteiger partial charge >= 0.3 is 206 Å². The summed E-state index contributed by atoms with van der Waals surface area (Å²) in [5.74, 6) is 0.492. The fourth-order valence-electron chi connectivity index (χ4n) is 8.66. The van der Waals surface area contributed by atoms with Gasteiger partial charge in [0, 0.05) is 0 Å². The number of aliphatic hydroxyl groups is 2. The van der Waals surface area contributed by atoms with E-state index in [1.54, 1.807) is 0 Å². The number of carbonyl (C=O) groups excluding carboxylic acids is 2. The van der Waals surface area contributed by atoms with E-state index in [1.165, 1.54) is 13.8 Å². The molecule has 0 aliphatic heterocycles. The van der Waals surface area contributed by atoms with Gasteiger partial charge in [0.15, 0.2) is 0 Å². The maximum absolute atomic E-state index is 12.3. The van der Waals surface area contributed by atoms with E-state index in [2.05, 4.69) is 52.2 Å². The Balaban J connectivity index is 1.74. The summed E-state index contributed by atoms with van der Waals surface area (Å²) in [6, 6.07) is 0. The minimum atomic E-state index is -0.993. The Hall–Kier alpha value is -0.621. The Morgan fingerprint density at radius 1 is 0.758 bits per heavy atom. The van der Waals surface area contributed by atoms with Crippen LogP contribution in [0.5, 0.6) is 0 Å². The molecule has 4 bridgehead atoms. The van der Waals surface area contributed by atoms with Crippen molar-refractivity contribution in [2.75, 3.05) is 13.1 Å². The van der Waals surface area contributed by atoms with Crippen LogP contribution >= 0.6 is 0 Å². The molecule has 4 aliphatic rings. The molecule has 7 heteroatoms. The first-order chi connectivity index (χ1) is 15.0. The summed E-state index contributed by atoms with van der Waals surface area (Å²) in [6.45, 7) is 17.1. The molecule has 188 valence electrons. The van der Waals surface area contributed by atoms with Gasteiger partial charge in [0.2, 0.25) is 0 Å². The SMILES string of the molecule is CC(=O)NC[C@@]1(O)[C@@H]([Se][C@H]2C3CC[C@](C)(C3(C)C)[C@@]2(O)CNC(C)=O)C2CC[C@]1(C)C2(C)C. The van der Waals surface area contributed by atoms with Crippen LogP contribution in [0.25, 0.3) is 0 Å². The number of carbonyl (C=O) groups is 2. The summed E-state index contributed by atoms with van der Waals surface area (Å²) >= 11 is -0.0549. The van der Waals surface area contributed by atoms with Crippen molar-refractivity contribution >= 4 is 26.8 Å². The average Bonchev–Trinajstić information content (AvgIpc) is 3.17. The summed E-state index contributed by atoms with van der Waals surface area (Å²) in [5.41, 5.74) is -2.64. The molecule has 4 fully saturated rings. The van der Waals surface area contributed by atoms with Gasteiger partial charge in [-0.15, -0.1) is 0 Å². The average molecular weight is 528 g/mol. The van der Waals surface area contributed by atoms with Gasteiger partial charge in [-0.3, -0.25) is 0 Å². The second-order valence-corrected chi connectivity index (χ2v) is 15.7. The molecular formula is C26H44N2O4Se. The van der Waals surface area contributed by atoms with Gasteiger partial charge in [-0.2, -0.15) is 0 Å². The van der Waals surface area contributed by atoms with Gasteiger partial charge in [-0.1, -0.05) is 0 Å². The van der Waals surface area contributed by atoms with Crippen LogP contribution in [0.3, 0.4) is 0 Å². The summed E-state index contributed by atoms with van der Waals surface area (Å²) < 4.78 is 0. The van der Waals surface area contributed by atoms with E-state index >= 15 is 0 Å². The first-order valence-electron chi connectivity index (χ1n) is 12.6. The van der Waals surface area contributed by atoms with Crippen molar-refractivity contribution in [1.82, 2.24) is 10.6 Å². The fourth-order valence-corrected chi connectivity index (χ4v) is 14.5. The zero-order chi connectivity index (χ0) is 24.8. The Labute approximate surface area is 205 Å². The van der Waals surface area contributed by atoms with Crippen LogP contribution in [0.1, 0.15) is 81.1 Å². The third-order valence-corrected chi connectivity index (χ3v) is 15.9. The molecular weight excluding hydrogens is 483 g/mol. The monoisotopic (exact) mass is 528 g/mol. The van der Waals surface area contributed by atoms with E-state index in [4.69, 9.17) is 0 Å². The maximum atomic E-state index is 12.3. The molecule has 8 atom stereocenters. The summed E-state index contributed by atoms with van der Waals surface area (Å²) in [7, 11) is 0. The molecule has 0 radical (unpaired) electrons. The second kappa shape index (κ2) is 7.44. The van der Waals surface area contributed by atoms with Gasteiger partial charge < -0.3 is 0 Å². The van der Waals surface area contributed by atoms with Crippen molar-refractivity contribution in [2.45, 2.75) is 102 Å². The van der Waals surface area contributed by atoms with Crippen molar-refractivity contribution in [3.8, 4) is 0 Å². The predicted molar refractivity (Wildman–Crippen MR) is 130 cm³/mol. The Bertz CT molecular complexity index is 793. The number of rotatable bonds is 6. The zero-order valence-electron chi connectivity index (χ0n) is 21.7. The number of amides is 2. The van der Waals surface area contributed by atoms with E-state index in [0.717, 1.165) is 25.7 Å². The molecule has 2 amide bonds. The van der Waals surface area contributed by atoms with Gasteiger partial charge in [-0.25, -0.2) is 0 Å². The third-order valence-electron chi connectivity index (χ3n) is 11.7. The van der Waals surface area contributed by atoms with E-state index in [-0.39, 0.29) is 71.2 Å². The van der Waals surface area contributed by atoms with Crippen molar-refractivity contribution in [3.63, 3.8) is 0 Å². The topological polar surface area (TPSA) is 98.7 Å². The molecule has 0 spiro atoms. The molecule has 2 unspecified atom stereocenters. The van der Waals surface area contributed by atoms with Gasteiger partial charge in [0.1, 0.15) is 0 Å². The quantitative estimate of drug-likeness (QED) is 0.400. The van der Waals surface area contributed by atoms with Crippen LogP contribution in [0.15, 0.2) is 0 Å². The minimum absolute atomic E-state index is 0.0422. The van der Waals surface area contributed by atoms with Crippen LogP contribution < -0.4 is 10.6 Å². The van der Waals surface area contributed by atoms with Gasteiger partial charge in [0.05, 0.1) is 0 Å². The molecule has 4 N–H and O–H groups in total. The molecule has 0 aromatic rings. The Morgan fingerprint density at radius 3 is 1.39 bits per heavy atom. The molecule has 4 saturated carbocycles. The predicted octanol–water partition coefficient (Wildman–Crippen LogP) is 2.91. The van der Waals surface area contributed by atoms with E-state index < -0.39 is 11.2 Å². The van der Waals surface area contributed by atoms with E-state index in [0.29, 0.717) is 11.8 Å². The molecule has 0 heterocycles. The van der Waals surface area contributed by atoms with E-state index in [9.17, 15) is 19.8 Å². The zero-order valence-corrected chi connectivity index (χ0v) is 23.4. The molecule has 33 heavy (non-hydrogen) atoms. The fraction of sp³-hybridized carbons (Fsp3) is 0.923. The van der Waals surface area contributed by atoms with Crippen LogP contribution in [0.4, 0.5) is 0 Å². The molecule has 0 aromatic heterocycles. The van der Waals surface area contributed by atoms with Crippen molar-refractivity contribution in [3.05, 3.63) is 0 Å². The van der Waals surface area contributed by atoms with Gasteiger partial charge in [0.25, 0.3) is 0 Å². The Morgan fingerprint density at radius 2 is 1.09 bits per heavy atom. The number of fused-ring (bicyclic) bond motifs is 4. The van der Waals surface area contributed by atoms with E-state index in [1.807, 2.05) is 0 Å². The Kier molecular flexibility index (Phi) is 5.74. The standard InChI is InChI=1S/C26H44N2O4Se/c1-15(29)27-13-25(31)19(17-9-11-23(25,7)21(17,3)4)33-20-18-10-12-24(8,22(18,5)6)26(20,32)14-28-16(2)30/h17-20,31-32H,9-14H2,1-8H3,(H,27,29)(H,28,30)/t17?,18?,19-,20-,23+,24+,25+,26+/m0/s1. The number of hydrogen-bond acceptors (Lipinski definition) is 4. The summed E-state index contributed by atoms with van der Waals surface area (Å²) in [4.78, 5) is 23.8. The second-order valence-electron chi connectivity index (χ2n) is 13.0. The van der Waals surface area contributed by atoms with Crippen molar-refractivity contribution < 1.29 is 19.8 Å².